The average molecular weight is 339 g/mol. The molecular weight excluding hydrogens is 310 g/mol. The van der Waals surface area contributed by atoms with E-state index in [1.54, 1.807) is 0 Å². The number of carbonyl (C=O) groups excluding carboxylic acids is 1. The van der Waals surface area contributed by atoms with Crippen LogP contribution in [0.3, 0.4) is 0 Å². The van der Waals surface area contributed by atoms with E-state index in [9.17, 15) is 4.79 Å². The van der Waals surface area contributed by atoms with Gasteiger partial charge in [0.2, 0.25) is 0 Å². The van der Waals surface area contributed by atoms with Gasteiger partial charge >= 0.3 is 0 Å². The van der Waals surface area contributed by atoms with E-state index in [0.29, 0.717) is 5.92 Å². The van der Waals surface area contributed by atoms with Crippen molar-refractivity contribution in [1.82, 2.24) is 14.8 Å². The normalized spacial score (nSPS) is 17.7. The molecule has 0 saturated carbocycles. The van der Waals surface area contributed by atoms with Crippen LogP contribution in [0, 0.1) is 19.8 Å². The maximum Gasteiger partial charge on any atom is 0.255 e. The van der Waals surface area contributed by atoms with E-state index >= 15 is 0 Å². The van der Waals surface area contributed by atoms with E-state index < -0.39 is 0 Å². The van der Waals surface area contributed by atoms with Crippen molar-refractivity contribution in [2.45, 2.75) is 33.2 Å². The van der Waals surface area contributed by atoms with Crippen molar-refractivity contribution in [3.63, 3.8) is 0 Å². The molecule has 1 aromatic carbocycles. The summed E-state index contributed by atoms with van der Waals surface area (Å²) in [5.74, 6) is 0.753. The standard InChI is InChI=1S/C21H29N3O/c1-16-12-20(17(2)24(16)15-18-8-5-4-6-9-18)21(25)23-11-7-10-19(14-23)13-22-3/h4-6,8-9,12,19,22H,7,10-11,13-15H2,1-3H3. The highest BCUT2D eigenvalue weighted by Crippen LogP contribution is 2.22. The number of aryl methyl sites for hydroxylation is 1. The molecular formula is C21H29N3O. The molecule has 1 saturated heterocycles. The number of hydrogen-bond acceptors (Lipinski definition) is 2. The zero-order chi connectivity index (χ0) is 17.8. The van der Waals surface area contributed by atoms with Gasteiger partial charge in [-0.15, -0.1) is 0 Å². The van der Waals surface area contributed by atoms with Gasteiger partial charge in [0, 0.05) is 31.0 Å². The van der Waals surface area contributed by atoms with E-state index in [0.717, 1.165) is 49.6 Å². The van der Waals surface area contributed by atoms with Gasteiger partial charge in [-0.3, -0.25) is 4.79 Å². The molecule has 1 aliphatic rings. The lowest BCUT2D eigenvalue weighted by Crippen LogP contribution is -2.42. The zero-order valence-corrected chi connectivity index (χ0v) is 15.6. The third-order valence-corrected chi connectivity index (χ3v) is 5.29. The van der Waals surface area contributed by atoms with E-state index in [4.69, 9.17) is 0 Å². The number of nitrogens with one attached hydrogen (secondary N) is 1. The molecule has 134 valence electrons. The van der Waals surface area contributed by atoms with E-state index in [-0.39, 0.29) is 5.91 Å². The van der Waals surface area contributed by atoms with Gasteiger partial charge < -0.3 is 14.8 Å². The molecule has 1 unspecified atom stereocenters. The first kappa shape index (κ1) is 17.7. The average Bonchev–Trinajstić information content (AvgIpc) is 2.91. The Hall–Kier alpha value is -2.07. The van der Waals surface area contributed by atoms with Gasteiger partial charge in [0.15, 0.2) is 0 Å². The second-order valence-electron chi connectivity index (χ2n) is 7.17. The highest BCUT2D eigenvalue weighted by atomic mass is 16.2. The molecule has 3 rings (SSSR count). The molecule has 1 aromatic heterocycles. The van der Waals surface area contributed by atoms with Crippen LogP contribution in [0.5, 0.6) is 0 Å². The number of amides is 1. The first-order valence-electron chi connectivity index (χ1n) is 9.24. The van der Waals surface area contributed by atoms with E-state index in [1.165, 1.54) is 12.0 Å². The van der Waals surface area contributed by atoms with E-state index in [2.05, 4.69) is 54.1 Å². The summed E-state index contributed by atoms with van der Waals surface area (Å²) in [5.41, 5.74) is 4.34. The predicted octanol–water partition coefficient (Wildman–Crippen LogP) is 3.22. The Morgan fingerprint density at radius 2 is 2.00 bits per heavy atom. The molecule has 0 bridgehead atoms. The van der Waals surface area contributed by atoms with Gasteiger partial charge in [0.05, 0.1) is 5.56 Å². The first-order valence-corrected chi connectivity index (χ1v) is 9.24. The van der Waals surface area contributed by atoms with Crippen molar-refractivity contribution in [3.8, 4) is 0 Å². The van der Waals surface area contributed by atoms with Crippen molar-refractivity contribution in [3.05, 3.63) is 58.9 Å². The van der Waals surface area contributed by atoms with Crippen LogP contribution in [0.15, 0.2) is 36.4 Å². The minimum atomic E-state index is 0.188. The third-order valence-electron chi connectivity index (χ3n) is 5.29. The number of likely N-dealkylation sites (tertiary alicyclic amines) is 1. The summed E-state index contributed by atoms with van der Waals surface area (Å²) in [6.45, 7) is 7.69. The highest BCUT2D eigenvalue weighted by Gasteiger charge is 2.26. The largest absolute Gasteiger partial charge is 0.344 e. The van der Waals surface area contributed by atoms with Crippen LogP contribution >= 0.6 is 0 Å². The molecule has 1 fully saturated rings. The molecule has 2 aromatic rings. The smallest absolute Gasteiger partial charge is 0.255 e. The van der Waals surface area contributed by atoms with Crippen molar-refractivity contribution in [2.75, 3.05) is 26.7 Å². The van der Waals surface area contributed by atoms with Crippen molar-refractivity contribution in [2.24, 2.45) is 5.92 Å². The summed E-state index contributed by atoms with van der Waals surface area (Å²) < 4.78 is 2.25. The third kappa shape index (κ3) is 3.96. The molecule has 0 aliphatic carbocycles. The number of carbonyl (C=O) groups is 1. The lowest BCUT2D eigenvalue weighted by molar-refractivity contribution is 0.0673. The highest BCUT2D eigenvalue weighted by molar-refractivity contribution is 5.95. The molecule has 2 heterocycles. The molecule has 0 spiro atoms. The first-order chi connectivity index (χ1) is 12.1. The van der Waals surface area contributed by atoms with Crippen molar-refractivity contribution >= 4 is 5.91 Å². The quantitative estimate of drug-likeness (QED) is 0.908. The fourth-order valence-electron chi connectivity index (χ4n) is 3.90. The summed E-state index contributed by atoms with van der Waals surface area (Å²) in [6.07, 6.45) is 2.30. The maximum absolute atomic E-state index is 13.1. The number of piperidine rings is 1. The van der Waals surface area contributed by atoms with Crippen LogP contribution in [-0.2, 0) is 6.54 Å². The van der Waals surface area contributed by atoms with E-state index in [1.807, 2.05) is 18.0 Å². The fraction of sp³-hybridized carbons (Fsp3) is 0.476. The lowest BCUT2D eigenvalue weighted by atomic mass is 9.97. The monoisotopic (exact) mass is 339 g/mol. The van der Waals surface area contributed by atoms with Gasteiger partial charge in [0.1, 0.15) is 0 Å². The summed E-state index contributed by atoms with van der Waals surface area (Å²) in [7, 11) is 1.98. The summed E-state index contributed by atoms with van der Waals surface area (Å²) in [5, 5.41) is 3.25. The Morgan fingerprint density at radius 1 is 1.24 bits per heavy atom. The zero-order valence-electron chi connectivity index (χ0n) is 15.6. The van der Waals surface area contributed by atoms with Gasteiger partial charge in [-0.1, -0.05) is 30.3 Å². The summed E-state index contributed by atoms with van der Waals surface area (Å²) >= 11 is 0. The van der Waals surface area contributed by atoms with Crippen LogP contribution in [0.1, 0.15) is 40.2 Å². The molecule has 1 N–H and O–H groups in total. The number of nitrogens with zero attached hydrogens (tertiary/aromatic N) is 2. The molecule has 1 amide bonds. The van der Waals surface area contributed by atoms with Crippen molar-refractivity contribution < 1.29 is 4.79 Å². The molecule has 4 heteroatoms. The van der Waals surface area contributed by atoms with Crippen LogP contribution in [0.4, 0.5) is 0 Å². The molecule has 4 nitrogen and oxygen atoms in total. The van der Waals surface area contributed by atoms with Gasteiger partial charge in [-0.2, -0.15) is 0 Å². The SMILES string of the molecule is CNCC1CCCN(C(=O)c2cc(C)n(Cc3ccccc3)c2C)C1. The maximum atomic E-state index is 13.1. The van der Waals surface area contributed by atoms with Gasteiger partial charge in [-0.05, 0) is 57.8 Å². The topological polar surface area (TPSA) is 37.3 Å². The fourth-order valence-corrected chi connectivity index (χ4v) is 3.90. The lowest BCUT2D eigenvalue weighted by Gasteiger charge is -2.32. The molecule has 0 radical (unpaired) electrons. The Bertz CT molecular complexity index is 718. The van der Waals surface area contributed by atoms with Gasteiger partial charge in [-0.25, -0.2) is 0 Å². The minimum Gasteiger partial charge on any atom is -0.344 e. The van der Waals surface area contributed by atoms with Crippen LogP contribution in [0.25, 0.3) is 0 Å². The van der Waals surface area contributed by atoms with Crippen LogP contribution < -0.4 is 5.32 Å². The number of benzene rings is 1. The van der Waals surface area contributed by atoms with Crippen molar-refractivity contribution in [1.29, 1.82) is 0 Å². The Kier molecular flexibility index (Phi) is 5.59. The van der Waals surface area contributed by atoms with Gasteiger partial charge in [0.25, 0.3) is 5.91 Å². The number of aromatic nitrogens is 1. The Morgan fingerprint density at radius 3 is 2.72 bits per heavy atom. The molecule has 25 heavy (non-hydrogen) atoms. The van der Waals surface area contributed by atoms with Crippen LogP contribution in [0.2, 0.25) is 0 Å². The second-order valence-corrected chi connectivity index (χ2v) is 7.17. The second kappa shape index (κ2) is 7.87. The summed E-state index contributed by atoms with van der Waals surface area (Å²) in [6, 6.07) is 12.5. The minimum absolute atomic E-state index is 0.188. The number of rotatable bonds is 5. The molecule has 1 aliphatic heterocycles. The van der Waals surface area contributed by atoms with Crippen LogP contribution in [-0.4, -0.2) is 42.1 Å². The Labute approximate surface area is 150 Å². The predicted molar refractivity (Wildman–Crippen MR) is 102 cm³/mol. The Balaban J connectivity index is 1.78. The molecule has 1 atom stereocenters. The number of hydrogen-bond donors (Lipinski definition) is 1. The summed E-state index contributed by atoms with van der Waals surface area (Å²) in [4.78, 5) is 15.1.